The Morgan fingerprint density at radius 2 is 1.75 bits per heavy atom. The molecule has 1 aromatic heterocycles. The highest BCUT2D eigenvalue weighted by Gasteiger charge is 2.34. The number of halogens is 1. The maximum atomic E-state index is 6.03. The normalized spacial score (nSPS) is 22.6. The van der Waals surface area contributed by atoms with Crippen LogP contribution in [0.25, 0.3) is 10.9 Å². The number of hydrogen-bond acceptors (Lipinski definition) is 5. The van der Waals surface area contributed by atoms with E-state index in [0.29, 0.717) is 0 Å². The second-order valence-electron chi connectivity index (χ2n) is 4.79. The molecule has 0 spiro atoms. The molecule has 106 valence electrons. The number of methoxy groups -OCH3 is 2. The number of ether oxygens (including phenoxy) is 2. The number of aromatic nitrogens is 2. The maximum absolute atomic E-state index is 6.03. The molecule has 0 bridgehead atoms. The molecule has 2 heterocycles. The van der Waals surface area contributed by atoms with Gasteiger partial charge in [0.2, 0.25) is 5.28 Å². The molecular weight excluding hydrogens is 278 g/mol. The summed E-state index contributed by atoms with van der Waals surface area (Å²) in [6.45, 7) is 1.46. The van der Waals surface area contributed by atoms with E-state index >= 15 is 0 Å². The van der Waals surface area contributed by atoms with Gasteiger partial charge >= 0.3 is 0 Å². The van der Waals surface area contributed by atoms with E-state index in [4.69, 9.17) is 21.1 Å². The highest BCUT2D eigenvalue weighted by atomic mass is 35.5. The number of nitrogens with zero attached hydrogens (tertiary/aromatic N) is 3. The minimum absolute atomic E-state index is 0.0347. The molecule has 1 aliphatic rings. The van der Waals surface area contributed by atoms with Gasteiger partial charge in [0, 0.05) is 32.7 Å². The van der Waals surface area contributed by atoms with Gasteiger partial charge in [0.05, 0.1) is 5.52 Å². The summed E-state index contributed by atoms with van der Waals surface area (Å²) in [5.74, 6) is 0.835. The van der Waals surface area contributed by atoms with Crippen LogP contribution in [0, 0.1) is 0 Å². The number of benzene rings is 1. The van der Waals surface area contributed by atoms with Crippen LogP contribution in [0.3, 0.4) is 0 Å². The molecule has 1 aliphatic heterocycles. The van der Waals surface area contributed by atoms with Crippen molar-refractivity contribution >= 4 is 28.3 Å². The van der Waals surface area contributed by atoms with Gasteiger partial charge < -0.3 is 14.4 Å². The monoisotopic (exact) mass is 293 g/mol. The van der Waals surface area contributed by atoms with Gasteiger partial charge in [0.25, 0.3) is 0 Å². The lowest BCUT2D eigenvalue weighted by Crippen LogP contribution is -2.27. The summed E-state index contributed by atoms with van der Waals surface area (Å²) in [4.78, 5) is 10.8. The van der Waals surface area contributed by atoms with Crippen molar-refractivity contribution in [2.45, 2.75) is 12.2 Å². The van der Waals surface area contributed by atoms with Gasteiger partial charge in [-0.15, -0.1) is 0 Å². The quantitative estimate of drug-likeness (QED) is 0.812. The van der Waals surface area contributed by atoms with Crippen molar-refractivity contribution in [1.29, 1.82) is 0 Å². The van der Waals surface area contributed by atoms with E-state index in [1.807, 2.05) is 24.3 Å². The molecule has 0 N–H and O–H groups in total. The van der Waals surface area contributed by atoms with E-state index in [0.717, 1.165) is 29.8 Å². The summed E-state index contributed by atoms with van der Waals surface area (Å²) in [7, 11) is 3.40. The van der Waals surface area contributed by atoms with Crippen LogP contribution in [0.1, 0.15) is 0 Å². The van der Waals surface area contributed by atoms with Crippen LogP contribution in [0.4, 0.5) is 5.82 Å². The molecular formula is C14H16ClN3O2. The maximum Gasteiger partial charge on any atom is 0.224 e. The fraction of sp³-hybridized carbons (Fsp3) is 0.429. The zero-order valence-electron chi connectivity index (χ0n) is 11.4. The number of fused-ring (bicyclic) bond motifs is 1. The summed E-state index contributed by atoms with van der Waals surface area (Å²) >= 11 is 6.03. The smallest absolute Gasteiger partial charge is 0.224 e. The molecule has 2 atom stereocenters. The standard InChI is InChI=1S/C14H16ClN3O2/c1-19-11-7-18(8-12(11)20-2)13-9-5-3-4-6-10(9)16-14(15)17-13/h3-6,11-12H,7-8H2,1-2H3. The van der Waals surface area contributed by atoms with E-state index < -0.39 is 0 Å². The zero-order valence-corrected chi connectivity index (χ0v) is 12.2. The van der Waals surface area contributed by atoms with Crippen LogP contribution in [0.15, 0.2) is 24.3 Å². The first-order valence-corrected chi connectivity index (χ1v) is 6.83. The second-order valence-corrected chi connectivity index (χ2v) is 5.12. The Morgan fingerprint density at radius 3 is 2.40 bits per heavy atom. The van der Waals surface area contributed by atoms with Crippen LogP contribution in [0.2, 0.25) is 5.28 Å². The molecule has 1 fully saturated rings. The van der Waals surface area contributed by atoms with Crippen molar-refractivity contribution in [3.8, 4) is 0 Å². The van der Waals surface area contributed by atoms with Crippen LogP contribution < -0.4 is 4.90 Å². The summed E-state index contributed by atoms with van der Waals surface area (Å²) in [6.07, 6.45) is 0.0695. The second kappa shape index (κ2) is 5.52. The van der Waals surface area contributed by atoms with Crippen LogP contribution >= 0.6 is 11.6 Å². The van der Waals surface area contributed by atoms with E-state index in [-0.39, 0.29) is 17.5 Å². The first-order chi connectivity index (χ1) is 9.72. The third-order valence-corrected chi connectivity index (χ3v) is 3.85. The predicted octanol–water partition coefficient (Wildman–Crippen LogP) is 2.13. The SMILES string of the molecule is COC1CN(c2nc(Cl)nc3ccccc23)CC1OC. The predicted molar refractivity (Wildman–Crippen MR) is 78.4 cm³/mol. The van der Waals surface area contributed by atoms with Crippen LogP contribution in [0.5, 0.6) is 0 Å². The van der Waals surface area contributed by atoms with Crippen molar-refractivity contribution in [3.05, 3.63) is 29.5 Å². The lowest BCUT2D eigenvalue weighted by molar-refractivity contribution is -0.00461. The topological polar surface area (TPSA) is 47.5 Å². The average molecular weight is 294 g/mol. The highest BCUT2D eigenvalue weighted by molar-refractivity contribution is 6.28. The first kappa shape index (κ1) is 13.5. The molecule has 0 aliphatic carbocycles. The van der Waals surface area contributed by atoms with Crippen molar-refractivity contribution in [1.82, 2.24) is 9.97 Å². The van der Waals surface area contributed by atoms with Crippen LogP contribution in [-0.2, 0) is 9.47 Å². The van der Waals surface area contributed by atoms with Gasteiger partial charge in [-0.3, -0.25) is 0 Å². The molecule has 20 heavy (non-hydrogen) atoms. The van der Waals surface area contributed by atoms with E-state index in [1.54, 1.807) is 14.2 Å². The van der Waals surface area contributed by atoms with E-state index in [1.165, 1.54) is 0 Å². The Labute approximate surface area is 122 Å². The molecule has 2 aromatic rings. The van der Waals surface area contributed by atoms with Gasteiger partial charge in [-0.1, -0.05) is 12.1 Å². The van der Waals surface area contributed by atoms with Crippen molar-refractivity contribution in [3.63, 3.8) is 0 Å². The minimum atomic E-state index is 0.0347. The van der Waals surface area contributed by atoms with Gasteiger partial charge in [-0.2, -0.15) is 4.98 Å². The number of anilines is 1. The Bertz CT molecular complexity index is 610. The number of hydrogen-bond donors (Lipinski definition) is 0. The van der Waals surface area contributed by atoms with Crippen molar-refractivity contribution < 1.29 is 9.47 Å². The Balaban J connectivity index is 2.02. The minimum Gasteiger partial charge on any atom is -0.377 e. The molecule has 3 rings (SSSR count). The van der Waals surface area contributed by atoms with Gasteiger partial charge in [-0.05, 0) is 23.7 Å². The fourth-order valence-electron chi connectivity index (χ4n) is 2.64. The van der Waals surface area contributed by atoms with E-state index in [9.17, 15) is 0 Å². The number of para-hydroxylation sites is 1. The molecule has 1 saturated heterocycles. The van der Waals surface area contributed by atoms with E-state index in [2.05, 4.69) is 14.9 Å². The van der Waals surface area contributed by atoms with Crippen molar-refractivity contribution in [2.75, 3.05) is 32.2 Å². The zero-order chi connectivity index (χ0) is 14.1. The largest absolute Gasteiger partial charge is 0.377 e. The van der Waals surface area contributed by atoms with Gasteiger partial charge in [0.15, 0.2) is 0 Å². The lowest BCUT2D eigenvalue weighted by Gasteiger charge is -2.18. The molecule has 0 radical (unpaired) electrons. The highest BCUT2D eigenvalue weighted by Crippen LogP contribution is 2.29. The van der Waals surface area contributed by atoms with Crippen molar-refractivity contribution in [2.24, 2.45) is 0 Å². The molecule has 1 aromatic carbocycles. The lowest BCUT2D eigenvalue weighted by atomic mass is 10.2. The van der Waals surface area contributed by atoms with Gasteiger partial charge in [0.1, 0.15) is 18.0 Å². The summed E-state index contributed by atoms with van der Waals surface area (Å²) in [5, 5.41) is 1.25. The fourth-order valence-corrected chi connectivity index (χ4v) is 2.81. The summed E-state index contributed by atoms with van der Waals surface area (Å²) in [6, 6.07) is 7.85. The Kier molecular flexibility index (Phi) is 3.74. The number of rotatable bonds is 3. The Hall–Kier alpha value is -1.43. The first-order valence-electron chi connectivity index (χ1n) is 6.45. The summed E-state index contributed by atoms with van der Waals surface area (Å²) < 4.78 is 10.9. The Morgan fingerprint density at radius 1 is 1.10 bits per heavy atom. The third-order valence-electron chi connectivity index (χ3n) is 3.68. The molecule has 5 nitrogen and oxygen atoms in total. The molecule has 0 amide bonds. The molecule has 2 unspecified atom stereocenters. The third kappa shape index (κ3) is 2.32. The summed E-state index contributed by atoms with van der Waals surface area (Å²) in [5.41, 5.74) is 0.845. The average Bonchev–Trinajstić information content (AvgIpc) is 2.89. The molecule has 6 heteroatoms. The van der Waals surface area contributed by atoms with Gasteiger partial charge in [-0.25, -0.2) is 4.98 Å². The van der Waals surface area contributed by atoms with Crippen LogP contribution in [-0.4, -0.2) is 49.5 Å². The molecule has 0 saturated carbocycles.